The van der Waals surface area contributed by atoms with Crippen LogP contribution in [0, 0.1) is 12.7 Å². The molecule has 9 nitrogen and oxygen atoms in total. The van der Waals surface area contributed by atoms with Gasteiger partial charge in [-0.15, -0.1) is 11.8 Å². The highest BCUT2D eigenvalue weighted by Gasteiger charge is 2.35. The van der Waals surface area contributed by atoms with Crippen LogP contribution in [0.4, 0.5) is 15.0 Å². The first-order chi connectivity index (χ1) is 21.6. The number of rotatable bonds is 5. The van der Waals surface area contributed by atoms with Crippen LogP contribution in [0.15, 0.2) is 40.0 Å². The molecule has 2 aromatic carbocycles. The summed E-state index contributed by atoms with van der Waals surface area (Å²) in [7, 11) is 0. The van der Waals surface area contributed by atoms with Crippen molar-refractivity contribution in [3.05, 3.63) is 52.2 Å². The zero-order valence-corrected chi connectivity index (χ0v) is 27.5. The van der Waals surface area contributed by atoms with E-state index in [0.717, 1.165) is 77.0 Å². The van der Waals surface area contributed by atoms with Crippen molar-refractivity contribution in [2.24, 2.45) is 0 Å². The first-order valence-electron chi connectivity index (χ1n) is 16.2. The highest BCUT2D eigenvalue weighted by atomic mass is 32.2. The molecule has 0 bridgehead atoms. The topological polar surface area (TPSA) is 74.1 Å². The van der Waals surface area contributed by atoms with Crippen LogP contribution in [-0.4, -0.2) is 107 Å². The van der Waals surface area contributed by atoms with Crippen molar-refractivity contribution >= 4 is 34.6 Å². The van der Waals surface area contributed by atoms with Crippen molar-refractivity contribution in [3.63, 3.8) is 0 Å². The fourth-order valence-corrected chi connectivity index (χ4v) is 8.43. The normalized spacial score (nSPS) is 21.4. The van der Waals surface area contributed by atoms with Crippen LogP contribution >= 0.6 is 11.8 Å². The molecular weight excluding hydrogens is 591 g/mol. The number of thioether (sulfide) groups is 1. The van der Waals surface area contributed by atoms with Gasteiger partial charge in [-0.3, -0.25) is 14.4 Å². The summed E-state index contributed by atoms with van der Waals surface area (Å²) in [6.45, 7) is 14.8. The van der Waals surface area contributed by atoms with Crippen LogP contribution in [0.5, 0.6) is 0 Å². The summed E-state index contributed by atoms with van der Waals surface area (Å²) in [6.07, 6.45) is 2.34. The van der Waals surface area contributed by atoms with Crippen LogP contribution in [0.1, 0.15) is 45.2 Å². The lowest BCUT2D eigenvalue weighted by molar-refractivity contribution is 0.0240. The lowest BCUT2D eigenvalue weighted by Crippen LogP contribution is -2.51. The van der Waals surface area contributed by atoms with Gasteiger partial charge in [0.1, 0.15) is 17.2 Å². The fourth-order valence-electron chi connectivity index (χ4n) is 7.05. The van der Waals surface area contributed by atoms with Crippen molar-refractivity contribution in [1.82, 2.24) is 24.3 Å². The predicted octanol–water partition coefficient (Wildman–Crippen LogP) is 4.99. The van der Waals surface area contributed by atoms with Gasteiger partial charge < -0.3 is 14.5 Å². The maximum Gasteiger partial charge on any atom is 0.410 e. The Balaban J connectivity index is 1.25. The Hall–Kier alpha value is -3.15. The Bertz CT molecular complexity index is 1650. The van der Waals surface area contributed by atoms with Crippen LogP contribution < -0.4 is 10.6 Å². The van der Waals surface area contributed by atoms with Gasteiger partial charge in [-0.05, 0) is 69.9 Å². The minimum absolute atomic E-state index is 0.000635. The lowest BCUT2D eigenvalue weighted by atomic mass is 9.97. The van der Waals surface area contributed by atoms with Gasteiger partial charge in [0.15, 0.2) is 0 Å². The van der Waals surface area contributed by atoms with Gasteiger partial charge in [0.05, 0.1) is 11.6 Å². The largest absolute Gasteiger partial charge is 0.444 e. The molecule has 1 saturated carbocycles. The molecule has 3 fully saturated rings. The second kappa shape index (κ2) is 11.9. The van der Waals surface area contributed by atoms with Crippen molar-refractivity contribution in [2.45, 2.75) is 63.1 Å². The Morgan fingerprint density at radius 3 is 2.36 bits per heavy atom. The number of nitrogens with zero attached hydrogens (tertiary/aromatic N) is 6. The van der Waals surface area contributed by atoms with Crippen LogP contribution in [0.3, 0.4) is 0 Å². The van der Waals surface area contributed by atoms with Gasteiger partial charge in [-0.2, -0.15) is 4.98 Å². The Morgan fingerprint density at radius 1 is 1.02 bits per heavy atom. The molecule has 0 N–H and O–H groups in total. The molecule has 3 aliphatic heterocycles. The third kappa shape index (κ3) is 6.18. The molecule has 0 spiro atoms. The molecule has 7 rings (SSSR count). The van der Waals surface area contributed by atoms with Crippen molar-refractivity contribution in [3.8, 4) is 11.1 Å². The second-order valence-corrected chi connectivity index (χ2v) is 14.9. The molecule has 11 heteroatoms. The third-order valence-corrected chi connectivity index (χ3v) is 10.7. The van der Waals surface area contributed by atoms with Gasteiger partial charge in [0.25, 0.3) is 0 Å². The molecule has 0 unspecified atom stereocenters. The minimum Gasteiger partial charge on any atom is -0.444 e. The number of hydrogen-bond donors (Lipinski definition) is 0. The van der Waals surface area contributed by atoms with E-state index in [2.05, 4.69) is 27.7 Å². The summed E-state index contributed by atoms with van der Waals surface area (Å²) in [6, 6.07) is 9.57. The fraction of sp³-hybridized carbons (Fsp3) is 0.559. The molecule has 4 heterocycles. The third-order valence-electron chi connectivity index (χ3n) is 9.43. The number of benzene rings is 2. The predicted molar refractivity (Wildman–Crippen MR) is 177 cm³/mol. The number of piperazine rings is 2. The Kier molecular flexibility index (Phi) is 8.06. The molecule has 2 saturated heterocycles. The highest BCUT2D eigenvalue weighted by molar-refractivity contribution is 7.99. The molecule has 1 aromatic heterocycles. The lowest BCUT2D eigenvalue weighted by Gasteiger charge is -2.39. The van der Waals surface area contributed by atoms with E-state index < -0.39 is 5.60 Å². The number of halogens is 1. The van der Waals surface area contributed by atoms with Crippen LogP contribution in [0.25, 0.3) is 22.0 Å². The van der Waals surface area contributed by atoms with Gasteiger partial charge in [-0.25, -0.2) is 14.0 Å². The number of carbonyl (C=O) groups is 1. The molecule has 1 atom stereocenters. The molecule has 1 aliphatic carbocycles. The van der Waals surface area contributed by atoms with Crippen molar-refractivity contribution < 1.29 is 13.9 Å². The zero-order chi connectivity index (χ0) is 31.5. The number of aromatic nitrogens is 2. The van der Waals surface area contributed by atoms with Crippen LogP contribution in [-0.2, 0) is 4.74 Å². The van der Waals surface area contributed by atoms with Gasteiger partial charge in [0, 0.05) is 86.5 Å². The average Bonchev–Trinajstić information content (AvgIpc) is 3.85. The smallest absolute Gasteiger partial charge is 0.410 e. The Labute approximate surface area is 268 Å². The van der Waals surface area contributed by atoms with E-state index >= 15 is 0 Å². The summed E-state index contributed by atoms with van der Waals surface area (Å²) in [4.78, 5) is 41.6. The van der Waals surface area contributed by atoms with E-state index in [1.165, 1.54) is 25.0 Å². The minimum atomic E-state index is -0.556. The van der Waals surface area contributed by atoms with Gasteiger partial charge >= 0.3 is 11.8 Å². The van der Waals surface area contributed by atoms with E-state index in [1.807, 2.05) is 37.5 Å². The van der Waals surface area contributed by atoms with E-state index in [0.29, 0.717) is 32.0 Å². The standard InChI is InChI=1S/C34H43FN6O3S/c1-22-19-27-29-30(28(22)23-5-7-24(35)8-6-23)45-21-26(20-37-11-13-38(14-12-37)25-9-10-25)41(29)32(42)36-31(27)39-15-17-40(18-16-39)33(43)44-34(2,3)4/h5-8,19,25-26H,9-18,20-21H2,1-4H3/t26-/m0/s1. The number of ether oxygens (including phenoxy) is 1. The molecule has 4 aliphatic rings. The average molecular weight is 635 g/mol. The molecule has 0 radical (unpaired) electrons. The number of hydrogen-bond acceptors (Lipinski definition) is 8. The van der Waals surface area contributed by atoms with Crippen molar-refractivity contribution in [1.29, 1.82) is 0 Å². The van der Waals surface area contributed by atoms with E-state index in [9.17, 15) is 14.0 Å². The molecular formula is C34H43FN6O3S. The summed E-state index contributed by atoms with van der Waals surface area (Å²) >= 11 is 1.80. The number of aryl methyl sites for hydroxylation is 1. The number of anilines is 1. The monoisotopic (exact) mass is 634 g/mol. The quantitative estimate of drug-likeness (QED) is 0.389. The summed E-state index contributed by atoms with van der Waals surface area (Å²) in [5.41, 5.74) is 3.18. The number of amides is 1. The van der Waals surface area contributed by atoms with E-state index in [4.69, 9.17) is 9.72 Å². The molecule has 3 aromatic rings. The van der Waals surface area contributed by atoms with Gasteiger partial charge in [-0.1, -0.05) is 12.1 Å². The van der Waals surface area contributed by atoms with Crippen LogP contribution in [0.2, 0.25) is 0 Å². The maximum atomic E-state index is 14.1. The zero-order valence-electron chi connectivity index (χ0n) is 26.7. The maximum absolute atomic E-state index is 14.1. The second-order valence-electron chi connectivity index (χ2n) is 13.9. The summed E-state index contributed by atoms with van der Waals surface area (Å²) in [5.74, 6) is 1.18. The molecule has 240 valence electrons. The highest BCUT2D eigenvalue weighted by Crippen LogP contribution is 2.46. The van der Waals surface area contributed by atoms with E-state index in [1.54, 1.807) is 16.7 Å². The van der Waals surface area contributed by atoms with Crippen molar-refractivity contribution in [2.75, 3.05) is 69.6 Å². The van der Waals surface area contributed by atoms with Gasteiger partial charge in [0.2, 0.25) is 0 Å². The molecule has 1 amide bonds. The summed E-state index contributed by atoms with van der Waals surface area (Å²) in [5, 5.41) is 0.953. The molecule has 45 heavy (non-hydrogen) atoms. The first kappa shape index (κ1) is 30.5. The first-order valence-corrected chi connectivity index (χ1v) is 17.2. The SMILES string of the molecule is Cc1cc2c(N3CCN(C(=O)OC(C)(C)C)CC3)nc(=O)n3c2c(c1-c1ccc(F)cc1)SC[C@@H]3CN1CCN(C2CC2)CC1. The van der Waals surface area contributed by atoms with E-state index in [-0.39, 0.29) is 23.6 Å². The Morgan fingerprint density at radius 2 is 1.71 bits per heavy atom. The summed E-state index contributed by atoms with van der Waals surface area (Å²) < 4.78 is 21.5. The number of carbonyl (C=O) groups excluding carboxylic acids is 1.